The summed E-state index contributed by atoms with van der Waals surface area (Å²) in [4.78, 5) is 10.1. The molecule has 56 valence electrons. The third kappa shape index (κ3) is 2.86. The van der Waals surface area contributed by atoms with Gasteiger partial charge in [-0.2, -0.15) is 0 Å². The molecule has 0 spiro atoms. The molecule has 10 heavy (non-hydrogen) atoms. The Hall–Kier alpha value is -1.32. The van der Waals surface area contributed by atoms with E-state index in [1.165, 1.54) is 0 Å². The summed E-state index contributed by atoms with van der Waals surface area (Å²) >= 11 is 0. The molecule has 3 N–H and O–H groups in total. The highest BCUT2D eigenvalue weighted by atomic mass is 19.1. The maximum absolute atomic E-state index is 11.3. The highest BCUT2D eigenvalue weighted by molar-refractivity contribution is 5.86. The van der Waals surface area contributed by atoms with Crippen molar-refractivity contribution in [2.75, 3.05) is 0 Å². The van der Waals surface area contributed by atoms with Crippen molar-refractivity contribution in [3.8, 4) is 0 Å². The average Bonchev–Trinajstić information content (AvgIpc) is 1.89. The van der Waals surface area contributed by atoms with Crippen molar-refractivity contribution in [2.45, 2.75) is 6.42 Å². The lowest BCUT2D eigenvalue weighted by Gasteiger charge is -1.92. The van der Waals surface area contributed by atoms with Crippen LogP contribution in [-0.2, 0) is 4.79 Å². The van der Waals surface area contributed by atoms with Crippen LogP contribution in [0.25, 0.3) is 0 Å². The lowest BCUT2D eigenvalue weighted by molar-refractivity contribution is -0.132. The van der Waals surface area contributed by atoms with E-state index in [1.54, 1.807) is 0 Å². The van der Waals surface area contributed by atoms with Crippen molar-refractivity contribution < 1.29 is 14.3 Å². The van der Waals surface area contributed by atoms with Crippen molar-refractivity contribution in [3.63, 3.8) is 0 Å². The third-order valence-electron chi connectivity index (χ3n) is 0.903. The number of rotatable bonds is 3. The van der Waals surface area contributed by atoms with E-state index < -0.39 is 5.97 Å². The van der Waals surface area contributed by atoms with Gasteiger partial charge in [-0.15, -0.1) is 0 Å². The Morgan fingerprint density at radius 1 is 1.70 bits per heavy atom. The number of hydrogen-bond acceptors (Lipinski definition) is 2. The van der Waals surface area contributed by atoms with E-state index in [9.17, 15) is 9.18 Å². The van der Waals surface area contributed by atoms with Gasteiger partial charge in [0.05, 0.1) is 11.9 Å². The largest absolute Gasteiger partial charge is 0.478 e. The van der Waals surface area contributed by atoms with Crippen molar-refractivity contribution in [2.24, 2.45) is 5.73 Å². The van der Waals surface area contributed by atoms with Crippen LogP contribution in [-0.4, -0.2) is 11.1 Å². The van der Waals surface area contributed by atoms with Gasteiger partial charge >= 0.3 is 5.97 Å². The summed E-state index contributed by atoms with van der Waals surface area (Å²) in [5.41, 5.74) is 4.90. The predicted octanol–water partition coefficient (Wildman–Crippen LogP) is 0.787. The summed E-state index contributed by atoms with van der Waals surface area (Å²) in [6.07, 6.45) is 2.32. The van der Waals surface area contributed by atoms with Gasteiger partial charge in [0.25, 0.3) is 0 Å². The van der Waals surface area contributed by atoms with Crippen LogP contribution < -0.4 is 5.73 Å². The van der Waals surface area contributed by atoms with Crippen LogP contribution in [0.2, 0.25) is 0 Å². The first kappa shape index (κ1) is 8.68. The summed E-state index contributed by atoms with van der Waals surface area (Å²) < 4.78 is 11.3. The normalized spacial score (nSPS) is 12.3. The molecule has 0 radical (unpaired) electrons. The second-order valence-electron chi connectivity index (χ2n) is 1.56. The number of carboxylic acids is 1. The van der Waals surface area contributed by atoms with Crippen LogP contribution >= 0.6 is 0 Å². The van der Waals surface area contributed by atoms with Crippen molar-refractivity contribution in [1.82, 2.24) is 0 Å². The molecule has 0 aromatic carbocycles. The molecule has 0 fully saturated rings. The molecule has 0 bridgehead atoms. The van der Waals surface area contributed by atoms with Gasteiger partial charge in [0.2, 0.25) is 0 Å². The first-order valence-electron chi connectivity index (χ1n) is 2.61. The minimum atomic E-state index is -1.12. The lowest BCUT2D eigenvalue weighted by Crippen LogP contribution is -2.01. The van der Waals surface area contributed by atoms with Crippen molar-refractivity contribution >= 4 is 5.97 Å². The fourth-order valence-corrected chi connectivity index (χ4v) is 0.398. The van der Waals surface area contributed by atoms with Gasteiger partial charge in [-0.3, -0.25) is 0 Å². The molecule has 0 amide bonds. The van der Waals surface area contributed by atoms with Gasteiger partial charge in [0, 0.05) is 12.6 Å². The number of allylic oxidation sites excluding steroid dienone is 1. The lowest BCUT2D eigenvalue weighted by atomic mass is 10.2. The predicted molar refractivity (Wildman–Crippen MR) is 34.8 cm³/mol. The molecule has 0 rings (SSSR count). The van der Waals surface area contributed by atoms with E-state index in [-0.39, 0.29) is 18.3 Å². The SMILES string of the molecule is NC=C(CC=CF)C(=O)O. The zero-order valence-corrected chi connectivity index (χ0v) is 5.25. The van der Waals surface area contributed by atoms with E-state index in [1.807, 2.05) is 0 Å². The van der Waals surface area contributed by atoms with Crippen LogP contribution in [0.5, 0.6) is 0 Å². The van der Waals surface area contributed by atoms with Crippen LogP contribution in [0.4, 0.5) is 4.39 Å². The Balaban J connectivity index is 3.99. The molecule has 0 aromatic rings. The first-order valence-corrected chi connectivity index (χ1v) is 2.61. The molecule has 4 heteroatoms. The Morgan fingerprint density at radius 3 is 2.60 bits per heavy atom. The molecule has 0 aliphatic carbocycles. The highest BCUT2D eigenvalue weighted by Crippen LogP contribution is 1.99. The Bertz CT molecular complexity index is 175. The van der Waals surface area contributed by atoms with Gasteiger partial charge in [-0.1, -0.05) is 6.08 Å². The van der Waals surface area contributed by atoms with Crippen LogP contribution in [0.3, 0.4) is 0 Å². The summed E-state index contributed by atoms with van der Waals surface area (Å²) in [7, 11) is 0. The van der Waals surface area contributed by atoms with E-state index in [2.05, 4.69) is 0 Å². The summed E-state index contributed by atoms with van der Waals surface area (Å²) in [6, 6.07) is 0. The van der Waals surface area contributed by atoms with Gasteiger partial charge in [0.1, 0.15) is 0 Å². The molecule has 0 aliphatic heterocycles. The Morgan fingerprint density at radius 2 is 2.30 bits per heavy atom. The number of halogens is 1. The standard InChI is InChI=1S/C6H8FNO2/c7-3-1-2-5(4-8)6(9)10/h1,3-4H,2,8H2,(H,9,10). The summed E-state index contributed by atoms with van der Waals surface area (Å²) in [5, 5.41) is 8.30. The van der Waals surface area contributed by atoms with Gasteiger partial charge in [0.15, 0.2) is 0 Å². The van der Waals surface area contributed by atoms with E-state index in [0.717, 1.165) is 12.3 Å². The smallest absolute Gasteiger partial charge is 0.333 e. The zero-order chi connectivity index (χ0) is 7.98. The summed E-state index contributed by atoms with van der Waals surface area (Å²) in [5.74, 6) is -1.12. The summed E-state index contributed by atoms with van der Waals surface area (Å²) in [6.45, 7) is 0. The molecule has 0 unspecified atom stereocenters. The van der Waals surface area contributed by atoms with Crippen LogP contribution in [0.15, 0.2) is 24.2 Å². The zero-order valence-electron chi connectivity index (χ0n) is 5.25. The Labute approximate surface area is 57.6 Å². The Kier molecular flexibility index (Phi) is 3.95. The fraction of sp³-hybridized carbons (Fsp3) is 0.167. The fourth-order valence-electron chi connectivity index (χ4n) is 0.398. The van der Waals surface area contributed by atoms with Crippen LogP contribution in [0, 0.1) is 0 Å². The monoisotopic (exact) mass is 145 g/mol. The minimum Gasteiger partial charge on any atom is -0.478 e. The van der Waals surface area contributed by atoms with Crippen molar-refractivity contribution in [1.29, 1.82) is 0 Å². The van der Waals surface area contributed by atoms with Gasteiger partial charge in [-0.05, 0) is 0 Å². The quantitative estimate of drug-likeness (QED) is 0.577. The second-order valence-corrected chi connectivity index (χ2v) is 1.56. The molecule has 0 heterocycles. The van der Waals surface area contributed by atoms with Gasteiger partial charge in [-0.25, -0.2) is 9.18 Å². The molecular weight excluding hydrogens is 137 g/mol. The number of carbonyl (C=O) groups is 1. The van der Waals surface area contributed by atoms with Crippen molar-refractivity contribution in [3.05, 3.63) is 24.2 Å². The highest BCUT2D eigenvalue weighted by Gasteiger charge is 2.02. The third-order valence-corrected chi connectivity index (χ3v) is 0.903. The second kappa shape index (κ2) is 4.55. The maximum atomic E-state index is 11.3. The number of carboxylic acid groups (broad SMARTS) is 1. The first-order chi connectivity index (χ1) is 4.72. The number of aliphatic carboxylic acids is 1. The van der Waals surface area contributed by atoms with Crippen LogP contribution in [0.1, 0.15) is 6.42 Å². The molecule has 0 saturated carbocycles. The molecule has 0 aromatic heterocycles. The van der Waals surface area contributed by atoms with E-state index >= 15 is 0 Å². The molecular formula is C6H8FNO2. The number of nitrogens with two attached hydrogens (primary N) is 1. The number of hydrogen-bond donors (Lipinski definition) is 2. The molecule has 0 aliphatic rings. The maximum Gasteiger partial charge on any atom is 0.333 e. The van der Waals surface area contributed by atoms with Gasteiger partial charge < -0.3 is 10.8 Å². The molecule has 0 atom stereocenters. The van der Waals surface area contributed by atoms with E-state index in [0.29, 0.717) is 0 Å². The minimum absolute atomic E-state index is 0.0162. The topological polar surface area (TPSA) is 63.3 Å². The molecule has 0 saturated heterocycles. The molecule has 3 nitrogen and oxygen atoms in total. The average molecular weight is 145 g/mol. The van der Waals surface area contributed by atoms with E-state index in [4.69, 9.17) is 10.8 Å².